The number of nitrogens with two attached hydrogens (primary N) is 1. The van der Waals surface area contributed by atoms with Gasteiger partial charge in [0.2, 0.25) is 0 Å². The van der Waals surface area contributed by atoms with Crippen molar-refractivity contribution in [3.05, 3.63) is 65.7 Å². The van der Waals surface area contributed by atoms with E-state index in [0.29, 0.717) is 0 Å². The zero-order valence-electron chi connectivity index (χ0n) is 11.2. The molecule has 0 aliphatic carbocycles. The molecule has 0 saturated carbocycles. The summed E-state index contributed by atoms with van der Waals surface area (Å²) in [4.78, 5) is 0.815. The molecule has 0 amide bonds. The highest BCUT2D eigenvalue weighted by Crippen LogP contribution is 2.34. The van der Waals surface area contributed by atoms with Gasteiger partial charge in [0.15, 0.2) is 0 Å². The molecule has 0 fully saturated rings. The van der Waals surface area contributed by atoms with Crippen LogP contribution in [0.15, 0.2) is 59.5 Å². The predicted octanol–water partition coefficient (Wildman–Crippen LogP) is 4.59. The second kappa shape index (κ2) is 6.37. The van der Waals surface area contributed by atoms with Crippen LogP contribution in [0.5, 0.6) is 0 Å². The van der Waals surface area contributed by atoms with E-state index in [1.165, 1.54) is 12.1 Å². The number of benzene rings is 2. The number of alkyl halides is 2. The first-order valence-corrected chi connectivity index (χ1v) is 7.39. The number of rotatable bonds is 5. The van der Waals surface area contributed by atoms with Gasteiger partial charge in [-0.3, -0.25) is 0 Å². The van der Waals surface area contributed by atoms with Gasteiger partial charge in [-0.15, -0.1) is 11.8 Å². The van der Waals surface area contributed by atoms with E-state index >= 15 is 0 Å². The monoisotopic (exact) mass is 293 g/mol. The fourth-order valence-corrected chi connectivity index (χ4v) is 2.74. The number of halogens is 2. The Hall–Kier alpha value is -1.39. The van der Waals surface area contributed by atoms with Crippen LogP contribution in [-0.2, 0) is 5.92 Å². The highest BCUT2D eigenvalue weighted by atomic mass is 32.2. The van der Waals surface area contributed by atoms with Crippen LogP contribution in [0.25, 0.3) is 0 Å². The molecule has 0 radical (unpaired) electrons. The molecule has 0 aliphatic heterocycles. The highest BCUT2D eigenvalue weighted by Gasteiger charge is 2.31. The van der Waals surface area contributed by atoms with Crippen molar-refractivity contribution >= 4 is 11.8 Å². The Morgan fingerprint density at radius 2 is 1.80 bits per heavy atom. The zero-order valence-corrected chi connectivity index (χ0v) is 12.0. The van der Waals surface area contributed by atoms with Gasteiger partial charge < -0.3 is 5.73 Å². The maximum Gasteiger partial charge on any atom is 0.282 e. The summed E-state index contributed by atoms with van der Waals surface area (Å²) in [7, 11) is 0. The smallest absolute Gasteiger partial charge is 0.282 e. The lowest BCUT2D eigenvalue weighted by molar-refractivity contribution is 0.0232. The van der Waals surface area contributed by atoms with Crippen LogP contribution in [0.3, 0.4) is 0 Å². The van der Waals surface area contributed by atoms with Crippen molar-refractivity contribution in [3.63, 3.8) is 0 Å². The molecule has 2 aromatic rings. The molecular weight excluding hydrogens is 276 g/mol. The van der Waals surface area contributed by atoms with Crippen molar-refractivity contribution < 1.29 is 8.78 Å². The molecule has 0 spiro atoms. The number of hydrogen-bond acceptors (Lipinski definition) is 2. The first kappa shape index (κ1) is 15.0. The molecule has 0 saturated heterocycles. The Labute approximate surface area is 122 Å². The average Bonchev–Trinajstić information content (AvgIpc) is 2.46. The zero-order chi connectivity index (χ0) is 14.6. The van der Waals surface area contributed by atoms with Gasteiger partial charge in [-0.05, 0) is 24.6 Å². The lowest BCUT2D eigenvalue weighted by Gasteiger charge is -2.16. The van der Waals surface area contributed by atoms with Crippen molar-refractivity contribution in [2.75, 3.05) is 5.75 Å². The summed E-state index contributed by atoms with van der Waals surface area (Å²) in [5.41, 5.74) is 6.81. The maximum atomic E-state index is 14.1. The van der Waals surface area contributed by atoms with E-state index in [1.807, 2.05) is 31.2 Å². The van der Waals surface area contributed by atoms with Crippen LogP contribution in [-0.4, -0.2) is 5.75 Å². The lowest BCUT2D eigenvalue weighted by atomic mass is 10.1. The molecule has 4 heteroatoms. The normalized spacial score (nSPS) is 13.2. The number of thioether (sulfide) groups is 1. The molecule has 0 bridgehead atoms. The molecular formula is C16H17F2NS. The standard InChI is InChI=1S/C16H17F2NS/c1-12(19)13-6-5-9-15(10-13)20-11-16(17,18)14-7-3-2-4-8-14/h2-10,12H,11,19H2,1H3. The van der Waals surface area contributed by atoms with Crippen molar-refractivity contribution in [3.8, 4) is 0 Å². The van der Waals surface area contributed by atoms with Gasteiger partial charge in [-0.25, -0.2) is 8.78 Å². The largest absolute Gasteiger partial charge is 0.324 e. The predicted molar refractivity (Wildman–Crippen MR) is 80.1 cm³/mol. The second-order valence-electron chi connectivity index (χ2n) is 4.72. The van der Waals surface area contributed by atoms with E-state index in [-0.39, 0.29) is 17.4 Å². The van der Waals surface area contributed by atoms with Crippen molar-refractivity contribution in [1.82, 2.24) is 0 Å². The second-order valence-corrected chi connectivity index (χ2v) is 5.77. The Kier molecular flexibility index (Phi) is 4.78. The summed E-state index contributed by atoms with van der Waals surface area (Å²) in [5.74, 6) is -3.12. The van der Waals surface area contributed by atoms with Gasteiger partial charge in [0, 0.05) is 16.5 Å². The Morgan fingerprint density at radius 3 is 2.45 bits per heavy atom. The first-order valence-electron chi connectivity index (χ1n) is 6.41. The van der Waals surface area contributed by atoms with E-state index in [0.717, 1.165) is 22.2 Å². The van der Waals surface area contributed by atoms with E-state index in [9.17, 15) is 8.78 Å². The van der Waals surface area contributed by atoms with Crippen LogP contribution in [0.4, 0.5) is 8.78 Å². The summed E-state index contributed by atoms with van der Waals surface area (Å²) in [6, 6.07) is 15.3. The minimum atomic E-state index is -2.84. The van der Waals surface area contributed by atoms with Crippen LogP contribution >= 0.6 is 11.8 Å². The molecule has 1 unspecified atom stereocenters. The van der Waals surface area contributed by atoms with Crippen molar-refractivity contribution in [2.45, 2.75) is 23.8 Å². The van der Waals surface area contributed by atoms with E-state index in [2.05, 4.69) is 0 Å². The van der Waals surface area contributed by atoms with Gasteiger partial charge in [0.05, 0.1) is 5.75 Å². The van der Waals surface area contributed by atoms with Crippen molar-refractivity contribution in [1.29, 1.82) is 0 Å². The SMILES string of the molecule is CC(N)c1cccc(SCC(F)(F)c2ccccc2)c1. The molecule has 1 atom stereocenters. The number of hydrogen-bond donors (Lipinski definition) is 1. The molecule has 0 aromatic heterocycles. The summed E-state index contributed by atoms with van der Waals surface area (Å²) in [6.07, 6.45) is 0. The van der Waals surface area contributed by atoms with Gasteiger partial charge in [-0.2, -0.15) is 0 Å². The third-order valence-electron chi connectivity index (χ3n) is 3.00. The molecule has 0 heterocycles. The van der Waals surface area contributed by atoms with Gasteiger partial charge in [-0.1, -0.05) is 42.5 Å². The quantitative estimate of drug-likeness (QED) is 0.816. The minimum absolute atomic E-state index is 0.0517. The van der Waals surface area contributed by atoms with E-state index < -0.39 is 5.92 Å². The van der Waals surface area contributed by atoms with E-state index in [1.54, 1.807) is 18.2 Å². The minimum Gasteiger partial charge on any atom is -0.324 e. The van der Waals surface area contributed by atoms with Crippen LogP contribution in [0, 0.1) is 0 Å². The van der Waals surface area contributed by atoms with E-state index in [4.69, 9.17) is 5.73 Å². The molecule has 2 N–H and O–H groups in total. The van der Waals surface area contributed by atoms with Gasteiger partial charge in [0.1, 0.15) is 0 Å². The van der Waals surface area contributed by atoms with Crippen LogP contribution in [0.1, 0.15) is 24.1 Å². The molecule has 2 aromatic carbocycles. The summed E-state index contributed by atoms with van der Waals surface area (Å²) in [6.45, 7) is 1.88. The Morgan fingerprint density at radius 1 is 1.10 bits per heavy atom. The fraction of sp³-hybridized carbons (Fsp3) is 0.250. The molecule has 20 heavy (non-hydrogen) atoms. The Bertz CT molecular complexity index is 555. The molecule has 2 rings (SSSR count). The summed E-state index contributed by atoms with van der Waals surface area (Å²) >= 11 is 1.15. The first-order chi connectivity index (χ1) is 9.49. The van der Waals surface area contributed by atoms with Gasteiger partial charge in [0.25, 0.3) is 5.92 Å². The highest BCUT2D eigenvalue weighted by molar-refractivity contribution is 7.99. The summed E-state index contributed by atoms with van der Waals surface area (Å²) in [5, 5.41) is 0. The Balaban J connectivity index is 2.06. The fourth-order valence-electron chi connectivity index (χ4n) is 1.83. The maximum absolute atomic E-state index is 14.1. The van der Waals surface area contributed by atoms with Crippen LogP contribution in [0.2, 0.25) is 0 Å². The summed E-state index contributed by atoms with van der Waals surface area (Å²) < 4.78 is 28.1. The molecule has 0 aliphatic rings. The third kappa shape index (κ3) is 3.81. The van der Waals surface area contributed by atoms with Gasteiger partial charge >= 0.3 is 0 Å². The third-order valence-corrected chi connectivity index (χ3v) is 4.09. The molecule has 106 valence electrons. The van der Waals surface area contributed by atoms with Crippen LogP contribution < -0.4 is 5.73 Å². The topological polar surface area (TPSA) is 26.0 Å². The lowest BCUT2D eigenvalue weighted by Crippen LogP contribution is -2.16. The van der Waals surface area contributed by atoms with Crippen molar-refractivity contribution in [2.24, 2.45) is 5.73 Å². The average molecular weight is 293 g/mol. The molecule has 1 nitrogen and oxygen atoms in total.